The van der Waals surface area contributed by atoms with E-state index in [1.807, 2.05) is 0 Å². The number of nitrogens with one attached hydrogen (secondary N) is 2. The minimum Gasteiger partial charge on any atom is -0.341 e. The number of nitrogens with zero attached hydrogens (tertiary/aromatic N) is 2. The standard InChI is InChI=1S/C13H20N4O3S.2ClH/c18-13(17-9-2-6-14-8-10-17)4-7-16-21(19,20)12-3-1-5-15-11-12;;/h1,3,5,11,14,16H,2,4,6-10H2;2*1H. The molecule has 1 aromatic heterocycles. The van der Waals surface area contributed by atoms with Gasteiger partial charge in [-0.25, -0.2) is 13.1 Å². The summed E-state index contributed by atoms with van der Waals surface area (Å²) in [6, 6.07) is 3.03. The number of sulfonamides is 1. The van der Waals surface area contributed by atoms with Gasteiger partial charge in [0.2, 0.25) is 15.9 Å². The highest BCUT2D eigenvalue weighted by atomic mass is 35.5. The summed E-state index contributed by atoms with van der Waals surface area (Å²) in [6.45, 7) is 3.19. The summed E-state index contributed by atoms with van der Waals surface area (Å²) >= 11 is 0. The van der Waals surface area contributed by atoms with Gasteiger partial charge in [-0.05, 0) is 25.1 Å². The first-order valence-corrected chi connectivity index (χ1v) is 8.46. The van der Waals surface area contributed by atoms with Crippen molar-refractivity contribution >= 4 is 40.7 Å². The highest BCUT2D eigenvalue weighted by molar-refractivity contribution is 7.89. The summed E-state index contributed by atoms with van der Waals surface area (Å²) in [5.74, 6) is -0.0208. The summed E-state index contributed by atoms with van der Waals surface area (Å²) in [4.78, 5) is 17.7. The zero-order chi connectivity index (χ0) is 15.1. The van der Waals surface area contributed by atoms with Gasteiger partial charge in [-0.2, -0.15) is 0 Å². The lowest BCUT2D eigenvalue weighted by molar-refractivity contribution is -0.130. The zero-order valence-electron chi connectivity index (χ0n) is 12.6. The van der Waals surface area contributed by atoms with Crippen molar-refractivity contribution in [2.45, 2.75) is 17.7 Å². The minimum atomic E-state index is -3.59. The molecule has 132 valence electrons. The van der Waals surface area contributed by atoms with E-state index >= 15 is 0 Å². The lowest BCUT2D eigenvalue weighted by Crippen LogP contribution is -2.36. The largest absolute Gasteiger partial charge is 0.341 e. The van der Waals surface area contributed by atoms with Crippen LogP contribution in [0.15, 0.2) is 29.4 Å². The van der Waals surface area contributed by atoms with E-state index in [4.69, 9.17) is 0 Å². The second-order valence-corrected chi connectivity index (χ2v) is 6.59. The number of amides is 1. The van der Waals surface area contributed by atoms with Crippen LogP contribution >= 0.6 is 24.8 Å². The maximum atomic E-state index is 12.0. The van der Waals surface area contributed by atoms with E-state index in [1.54, 1.807) is 11.0 Å². The van der Waals surface area contributed by atoms with Crippen LogP contribution < -0.4 is 10.0 Å². The molecule has 0 atom stereocenters. The SMILES string of the molecule is Cl.Cl.O=C(CCNS(=O)(=O)c1cccnc1)N1CCCNCC1. The molecule has 2 rings (SSSR count). The monoisotopic (exact) mass is 384 g/mol. The molecule has 23 heavy (non-hydrogen) atoms. The number of aromatic nitrogens is 1. The molecule has 0 radical (unpaired) electrons. The number of pyridine rings is 1. The lowest BCUT2D eigenvalue weighted by Gasteiger charge is -2.19. The Balaban J connectivity index is 0.00000242. The first kappa shape index (κ1) is 22.1. The molecule has 1 saturated heterocycles. The van der Waals surface area contributed by atoms with Gasteiger partial charge in [-0.1, -0.05) is 0 Å². The van der Waals surface area contributed by atoms with Crippen molar-refractivity contribution < 1.29 is 13.2 Å². The van der Waals surface area contributed by atoms with Crippen LogP contribution in [0.5, 0.6) is 0 Å². The predicted octanol–water partition coefficient (Wildman–Crippen LogP) is 0.415. The minimum absolute atomic E-state index is 0. The number of hydrogen-bond donors (Lipinski definition) is 2. The topological polar surface area (TPSA) is 91.4 Å². The highest BCUT2D eigenvalue weighted by Gasteiger charge is 2.17. The number of halogens is 2. The van der Waals surface area contributed by atoms with Crippen molar-refractivity contribution in [2.24, 2.45) is 0 Å². The summed E-state index contributed by atoms with van der Waals surface area (Å²) in [7, 11) is -3.59. The van der Waals surface area contributed by atoms with Gasteiger partial charge < -0.3 is 10.2 Å². The van der Waals surface area contributed by atoms with Gasteiger partial charge in [0.15, 0.2) is 0 Å². The molecule has 1 aliphatic rings. The Morgan fingerprint density at radius 2 is 2.09 bits per heavy atom. The maximum Gasteiger partial charge on any atom is 0.242 e. The van der Waals surface area contributed by atoms with Gasteiger partial charge in [0.1, 0.15) is 4.90 Å². The van der Waals surface area contributed by atoms with Crippen LogP contribution in [0.2, 0.25) is 0 Å². The molecule has 1 aliphatic heterocycles. The molecule has 0 spiro atoms. The van der Waals surface area contributed by atoms with E-state index in [0.717, 1.165) is 26.1 Å². The van der Waals surface area contributed by atoms with Gasteiger partial charge in [0.05, 0.1) is 0 Å². The third-order valence-corrected chi connectivity index (χ3v) is 4.71. The molecule has 0 aliphatic carbocycles. The van der Waals surface area contributed by atoms with Crippen LogP contribution in [-0.4, -0.2) is 56.9 Å². The Morgan fingerprint density at radius 1 is 1.30 bits per heavy atom. The fourth-order valence-electron chi connectivity index (χ4n) is 2.13. The van der Waals surface area contributed by atoms with E-state index in [9.17, 15) is 13.2 Å². The Hall–Kier alpha value is -0.930. The summed E-state index contributed by atoms with van der Waals surface area (Å²) in [5.41, 5.74) is 0. The van der Waals surface area contributed by atoms with Crippen LogP contribution in [-0.2, 0) is 14.8 Å². The third kappa shape index (κ3) is 7.01. The summed E-state index contributed by atoms with van der Waals surface area (Å²) in [6.07, 6.45) is 3.88. The van der Waals surface area contributed by atoms with Gasteiger partial charge in [0.25, 0.3) is 0 Å². The summed E-state index contributed by atoms with van der Waals surface area (Å²) in [5, 5.41) is 3.22. The number of rotatable bonds is 5. The first-order valence-electron chi connectivity index (χ1n) is 6.98. The lowest BCUT2D eigenvalue weighted by atomic mass is 10.3. The average molecular weight is 385 g/mol. The number of carbonyl (C=O) groups excluding carboxylic acids is 1. The molecule has 0 aromatic carbocycles. The molecule has 1 amide bonds. The Kier molecular flexibility index (Phi) is 10.3. The normalized spacial score (nSPS) is 15.0. The second-order valence-electron chi connectivity index (χ2n) is 4.82. The predicted molar refractivity (Wildman–Crippen MR) is 92.6 cm³/mol. The first-order chi connectivity index (χ1) is 10.1. The molecule has 2 N–H and O–H groups in total. The smallest absolute Gasteiger partial charge is 0.242 e. The molecule has 1 fully saturated rings. The molecule has 0 saturated carbocycles. The molecule has 1 aromatic rings. The highest BCUT2D eigenvalue weighted by Crippen LogP contribution is 2.05. The van der Waals surface area contributed by atoms with Crippen molar-refractivity contribution in [1.82, 2.24) is 19.9 Å². The Bertz CT molecular complexity index is 564. The average Bonchev–Trinajstić information content (AvgIpc) is 2.77. The Labute approximate surface area is 149 Å². The van der Waals surface area contributed by atoms with Crippen molar-refractivity contribution in [3.8, 4) is 0 Å². The second kappa shape index (κ2) is 10.8. The van der Waals surface area contributed by atoms with E-state index in [-0.39, 0.29) is 48.6 Å². The van der Waals surface area contributed by atoms with Crippen LogP contribution in [0.25, 0.3) is 0 Å². The number of carbonyl (C=O) groups is 1. The van der Waals surface area contributed by atoms with Crippen molar-refractivity contribution in [2.75, 3.05) is 32.7 Å². The molecular weight excluding hydrogens is 363 g/mol. The number of hydrogen-bond acceptors (Lipinski definition) is 5. The van der Waals surface area contributed by atoms with E-state index in [1.165, 1.54) is 18.5 Å². The molecule has 0 unspecified atom stereocenters. The van der Waals surface area contributed by atoms with Crippen LogP contribution in [0.1, 0.15) is 12.8 Å². The molecule has 10 heteroatoms. The zero-order valence-corrected chi connectivity index (χ0v) is 15.1. The van der Waals surface area contributed by atoms with Crippen molar-refractivity contribution in [1.29, 1.82) is 0 Å². The molecule has 2 heterocycles. The van der Waals surface area contributed by atoms with Crippen molar-refractivity contribution in [3.63, 3.8) is 0 Å². The van der Waals surface area contributed by atoms with E-state index in [2.05, 4.69) is 15.0 Å². The molecular formula is C13H22Cl2N4O3S. The van der Waals surface area contributed by atoms with Crippen LogP contribution in [0.3, 0.4) is 0 Å². The van der Waals surface area contributed by atoms with Crippen LogP contribution in [0.4, 0.5) is 0 Å². The van der Waals surface area contributed by atoms with Gasteiger partial charge in [-0.3, -0.25) is 9.78 Å². The fourth-order valence-corrected chi connectivity index (χ4v) is 3.13. The quantitative estimate of drug-likeness (QED) is 0.767. The molecule has 7 nitrogen and oxygen atoms in total. The maximum absolute atomic E-state index is 12.0. The Morgan fingerprint density at radius 3 is 2.78 bits per heavy atom. The van der Waals surface area contributed by atoms with Gasteiger partial charge in [0, 0.05) is 45.0 Å². The van der Waals surface area contributed by atoms with Gasteiger partial charge >= 0.3 is 0 Å². The van der Waals surface area contributed by atoms with Crippen molar-refractivity contribution in [3.05, 3.63) is 24.5 Å². The fraction of sp³-hybridized carbons (Fsp3) is 0.538. The van der Waals surface area contributed by atoms with E-state index < -0.39 is 10.0 Å². The van der Waals surface area contributed by atoms with Crippen LogP contribution in [0, 0.1) is 0 Å². The summed E-state index contributed by atoms with van der Waals surface area (Å²) < 4.78 is 26.3. The third-order valence-electron chi connectivity index (χ3n) is 3.27. The van der Waals surface area contributed by atoms with Gasteiger partial charge in [-0.15, -0.1) is 24.8 Å². The molecule has 0 bridgehead atoms. The van der Waals surface area contributed by atoms with E-state index in [0.29, 0.717) is 6.54 Å².